The van der Waals surface area contributed by atoms with Crippen molar-refractivity contribution >= 4 is 21.9 Å². The van der Waals surface area contributed by atoms with Gasteiger partial charge in [-0.25, -0.2) is 4.79 Å². The number of aromatic nitrogens is 3. The second kappa shape index (κ2) is 3.38. The molecule has 1 unspecified atom stereocenters. The zero-order valence-electron chi connectivity index (χ0n) is 10.8. The fourth-order valence-electron chi connectivity index (χ4n) is 2.85. The molecule has 0 saturated carbocycles. The van der Waals surface area contributed by atoms with E-state index in [0.29, 0.717) is 6.61 Å². The Morgan fingerprint density at radius 3 is 3.11 bits per heavy atom. The zero-order chi connectivity index (χ0) is 13.1. The van der Waals surface area contributed by atoms with E-state index < -0.39 is 0 Å². The summed E-state index contributed by atoms with van der Waals surface area (Å²) in [5, 5.41) is 0.932. The second-order valence-electron chi connectivity index (χ2n) is 5.01. The molecule has 1 aromatic carbocycles. The van der Waals surface area contributed by atoms with E-state index in [1.165, 1.54) is 0 Å². The lowest BCUT2D eigenvalue weighted by molar-refractivity contribution is 0.267. The monoisotopic (exact) mass is 255 g/mol. The molecule has 0 saturated heterocycles. The van der Waals surface area contributed by atoms with Gasteiger partial charge in [0, 0.05) is 7.05 Å². The molecule has 96 valence electrons. The summed E-state index contributed by atoms with van der Waals surface area (Å²) in [6.07, 6.45) is 1.76. The highest BCUT2D eigenvalue weighted by atomic mass is 16.5. The van der Waals surface area contributed by atoms with Gasteiger partial charge in [-0.2, -0.15) is 0 Å². The lowest BCUT2D eigenvalue weighted by Crippen LogP contribution is -2.27. The zero-order valence-corrected chi connectivity index (χ0v) is 10.8. The van der Waals surface area contributed by atoms with E-state index in [4.69, 9.17) is 4.74 Å². The summed E-state index contributed by atoms with van der Waals surface area (Å²) in [7, 11) is 1.78. The Labute approximate surface area is 109 Å². The number of pyridine rings is 1. The molecule has 0 N–H and O–H groups in total. The van der Waals surface area contributed by atoms with E-state index in [2.05, 4.69) is 4.98 Å². The Bertz CT molecular complexity index is 876. The van der Waals surface area contributed by atoms with Gasteiger partial charge in [0.2, 0.25) is 0 Å². The van der Waals surface area contributed by atoms with Crippen molar-refractivity contribution < 1.29 is 4.74 Å². The molecule has 5 heteroatoms. The molecule has 3 aromatic rings. The quantitative estimate of drug-likeness (QED) is 0.616. The first kappa shape index (κ1) is 10.6. The van der Waals surface area contributed by atoms with Crippen LogP contribution < -0.4 is 10.4 Å². The van der Waals surface area contributed by atoms with Crippen LogP contribution in [0, 0.1) is 0 Å². The van der Waals surface area contributed by atoms with Crippen LogP contribution in [0.1, 0.15) is 13.0 Å². The van der Waals surface area contributed by atoms with Gasteiger partial charge in [0.15, 0.2) is 0 Å². The number of hydrogen-bond donors (Lipinski definition) is 0. The van der Waals surface area contributed by atoms with E-state index in [1.54, 1.807) is 17.8 Å². The highest BCUT2D eigenvalue weighted by molar-refractivity contribution is 6.06. The molecular formula is C14H13N3O2. The predicted molar refractivity (Wildman–Crippen MR) is 72.7 cm³/mol. The predicted octanol–water partition coefficient (Wildman–Crippen LogP) is 1.84. The molecule has 0 aliphatic carbocycles. The Kier molecular flexibility index (Phi) is 1.88. The van der Waals surface area contributed by atoms with Gasteiger partial charge in [-0.15, -0.1) is 0 Å². The summed E-state index contributed by atoms with van der Waals surface area (Å²) in [5.74, 6) is 0.805. The van der Waals surface area contributed by atoms with E-state index >= 15 is 0 Å². The average molecular weight is 255 g/mol. The van der Waals surface area contributed by atoms with Gasteiger partial charge in [0.1, 0.15) is 12.4 Å². The van der Waals surface area contributed by atoms with E-state index in [9.17, 15) is 4.79 Å². The summed E-state index contributed by atoms with van der Waals surface area (Å²) in [5.41, 5.74) is 2.62. The van der Waals surface area contributed by atoms with Crippen LogP contribution in [0.2, 0.25) is 0 Å². The van der Waals surface area contributed by atoms with Crippen molar-refractivity contribution in [3.63, 3.8) is 0 Å². The Morgan fingerprint density at radius 2 is 2.26 bits per heavy atom. The van der Waals surface area contributed by atoms with Crippen LogP contribution in [-0.2, 0) is 7.05 Å². The molecule has 0 amide bonds. The van der Waals surface area contributed by atoms with Crippen molar-refractivity contribution in [2.24, 2.45) is 7.05 Å². The molecule has 4 rings (SSSR count). The topological polar surface area (TPSA) is 49.1 Å². The summed E-state index contributed by atoms with van der Waals surface area (Å²) in [6, 6.07) is 5.81. The van der Waals surface area contributed by atoms with Gasteiger partial charge < -0.3 is 4.74 Å². The van der Waals surface area contributed by atoms with Crippen molar-refractivity contribution in [3.8, 4) is 5.75 Å². The van der Waals surface area contributed by atoms with Gasteiger partial charge in [0.25, 0.3) is 0 Å². The first-order chi connectivity index (χ1) is 9.18. The van der Waals surface area contributed by atoms with Gasteiger partial charge in [0.05, 0.1) is 34.2 Å². The molecular weight excluding hydrogens is 242 g/mol. The normalized spacial score (nSPS) is 17.9. The molecule has 19 heavy (non-hydrogen) atoms. The number of nitrogens with zero attached hydrogens (tertiary/aromatic N) is 3. The Hall–Kier alpha value is -2.30. The molecule has 0 bridgehead atoms. The van der Waals surface area contributed by atoms with Crippen molar-refractivity contribution in [3.05, 3.63) is 34.9 Å². The second-order valence-corrected chi connectivity index (χ2v) is 5.01. The SMILES string of the molecule is CC1COc2cccc3ncc4c(c23)n1c(=O)n4C. The fourth-order valence-corrected chi connectivity index (χ4v) is 2.85. The molecule has 1 atom stereocenters. The molecule has 1 aliphatic heterocycles. The molecule has 0 radical (unpaired) electrons. The number of imidazole rings is 1. The summed E-state index contributed by atoms with van der Waals surface area (Å²) in [4.78, 5) is 16.8. The summed E-state index contributed by atoms with van der Waals surface area (Å²) < 4.78 is 9.29. The molecule has 3 heterocycles. The largest absolute Gasteiger partial charge is 0.491 e. The third-order valence-electron chi connectivity index (χ3n) is 3.83. The molecule has 5 nitrogen and oxygen atoms in total. The minimum Gasteiger partial charge on any atom is -0.491 e. The van der Waals surface area contributed by atoms with Gasteiger partial charge in [-0.3, -0.25) is 14.1 Å². The minimum atomic E-state index is -0.0166. The minimum absolute atomic E-state index is 0.00852. The van der Waals surface area contributed by atoms with Crippen molar-refractivity contribution in [1.82, 2.24) is 14.1 Å². The van der Waals surface area contributed by atoms with E-state index in [1.807, 2.05) is 29.7 Å². The molecule has 0 spiro atoms. The lowest BCUT2D eigenvalue weighted by atomic mass is 10.1. The Morgan fingerprint density at radius 1 is 1.42 bits per heavy atom. The van der Waals surface area contributed by atoms with Crippen molar-refractivity contribution in [2.75, 3.05) is 6.61 Å². The average Bonchev–Trinajstić information content (AvgIpc) is 2.58. The summed E-state index contributed by atoms with van der Waals surface area (Å²) in [6.45, 7) is 2.49. The standard InChI is InChI=1S/C14H13N3O2/c1-8-7-19-11-5-3-4-9-12(11)13-10(6-15-9)16(2)14(18)17(8)13/h3-6,8H,7H2,1-2H3. The maximum Gasteiger partial charge on any atom is 0.329 e. The van der Waals surface area contributed by atoms with Crippen LogP contribution in [0.25, 0.3) is 21.9 Å². The smallest absolute Gasteiger partial charge is 0.329 e. The van der Waals surface area contributed by atoms with Crippen LogP contribution in [0.4, 0.5) is 0 Å². The number of rotatable bonds is 0. The number of hydrogen-bond acceptors (Lipinski definition) is 3. The first-order valence-corrected chi connectivity index (χ1v) is 6.30. The van der Waals surface area contributed by atoms with Crippen LogP contribution in [0.3, 0.4) is 0 Å². The van der Waals surface area contributed by atoms with Crippen LogP contribution in [-0.4, -0.2) is 20.7 Å². The van der Waals surface area contributed by atoms with Crippen LogP contribution in [0.15, 0.2) is 29.2 Å². The van der Waals surface area contributed by atoms with Gasteiger partial charge in [-0.05, 0) is 19.1 Å². The molecule has 0 fully saturated rings. The third kappa shape index (κ3) is 1.19. The summed E-state index contributed by atoms with van der Waals surface area (Å²) >= 11 is 0. The van der Waals surface area contributed by atoms with Gasteiger partial charge in [-0.1, -0.05) is 6.07 Å². The molecule has 2 aromatic heterocycles. The van der Waals surface area contributed by atoms with Gasteiger partial charge >= 0.3 is 5.69 Å². The number of ether oxygens (including phenoxy) is 1. The van der Waals surface area contributed by atoms with E-state index in [-0.39, 0.29) is 11.7 Å². The fraction of sp³-hybridized carbons (Fsp3) is 0.286. The van der Waals surface area contributed by atoms with Crippen LogP contribution in [0.5, 0.6) is 5.75 Å². The highest BCUT2D eigenvalue weighted by Gasteiger charge is 2.23. The van der Waals surface area contributed by atoms with Crippen molar-refractivity contribution in [1.29, 1.82) is 0 Å². The lowest BCUT2D eigenvalue weighted by Gasteiger charge is -2.10. The highest BCUT2D eigenvalue weighted by Crippen LogP contribution is 2.34. The number of benzene rings is 1. The van der Waals surface area contributed by atoms with Crippen LogP contribution >= 0.6 is 0 Å². The van der Waals surface area contributed by atoms with E-state index in [0.717, 1.165) is 27.7 Å². The number of aryl methyl sites for hydroxylation is 1. The third-order valence-corrected chi connectivity index (χ3v) is 3.83. The Balaban J connectivity index is 2.39. The maximum atomic E-state index is 12.4. The first-order valence-electron chi connectivity index (χ1n) is 6.30. The maximum absolute atomic E-state index is 12.4. The molecule has 1 aliphatic rings. The van der Waals surface area contributed by atoms with Crippen molar-refractivity contribution in [2.45, 2.75) is 13.0 Å².